The molecule has 1 fully saturated rings. The van der Waals surface area contributed by atoms with Crippen molar-refractivity contribution in [3.05, 3.63) is 0 Å². The molecule has 7 heteroatoms. The van der Waals surface area contributed by atoms with E-state index in [9.17, 15) is 0 Å². The molecule has 1 rings (SSSR count). The number of ether oxygens (including phenoxy) is 1. The van der Waals surface area contributed by atoms with E-state index >= 15 is 0 Å². The summed E-state index contributed by atoms with van der Waals surface area (Å²) in [4.78, 5) is 0. The molecule has 0 radical (unpaired) electrons. The van der Waals surface area contributed by atoms with Crippen LogP contribution in [0.15, 0.2) is 0 Å². The van der Waals surface area contributed by atoms with Crippen molar-refractivity contribution in [1.82, 2.24) is 0 Å². The van der Waals surface area contributed by atoms with Crippen molar-refractivity contribution in [2.75, 3.05) is 28.4 Å². The lowest BCUT2D eigenvalue weighted by molar-refractivity contribution is 0.233. The van der Waals surface area contributed by atoms with Crippen LogP contribution < -0.4 is 0 Å². The minimum atomic E-state index is -1.95. The summed E-state index contributed by atoms with van der Waals surface area (Å²) in [5, 5.41) is 0. The highest BCUT2D eigenvalue weighted by Crippen LogP contribution is 2.45. The standard InChI is InChI=1S/C15H34O5Si2/c1-14-15(20-14,10-8-12-21(6,16-2)17-3)11-9-13-22(7,18-4)19-5/h14H,8-13H2,1-7H3. The molecule has 1 saturated heterocycles. The maximum absolute atomic E-state index is 5.94. The number of hydrogen-bond acceptors (Lipinski definition) is 5. The van der Waals surface area contributed by atoms with E-state index in [0.29, 0.717) is 6.10 Å². The fourth-order valence-corrected chi connectivity index (χ4v) is 5.75. The Bertz CT molecular complexity index is 308. The molecule has 0 bridgehead atoms. The highest BCUT2D eigenvalue weighted by molar-refractivity contribution is 6.66. The van der Waals surface area contributed by atoms with Crippen LogP contribution >= 0.6 is 0 Å². The summed E-state index contributed by atoms with van der Waals surface area (Å²) < 4.78 is 28.1. The van der Waals surface area contributed by atoms with Crippen LogP contribution in [0.5, 0.6) is 0 Å². The lowest BCUT2D eigenvalue weighted by atomic mass is 9.95. The van der Waals surface area contributed by atoms with E-state index in [1.54, 1.807) is 28.4 Å². The van der Waals surface area contributed by atoms with Crippen LogP contribution in [-0.4, -0.2) is 57.3 Å². The van der Waals surface area contributed by atoms with Gasteiger partial charge in [-0.25, -0.2) is 0 Å². The van der Waals surface area contributed by atoms with Crippen LogP contribution in [0, 0.1) is 0 Å². The third kappa shape index (κ3) is 5.40. The second-order valence-electron chi connectivity index (χ2n) is 6.62. The summed E-state index contributed by atoms with van der Waals surface area (Å²) in [6, 6.07) is 2.03. The second kappa shape index (κ2) is 8.37. The first-order chi connectivity index (χ1) is 10.3. The third-order valence-electron chi connectivity index (χ3n) is 5.28. The summed E-state index contributed by atoms with van der Waals surface area (Å²) >= 11 is 0. The Kier molecular flexibility index (Phi) is 7.71. The van der Waals surface area contributed by atoms with E-state index in [1.165, 1.54) is 0 Å². The van der Waals surface area contributed by atoms with E-state index in [-0.39, 0.29) is 5.60 Å². The minimum Gasteiger partial charge on any atom is -0.398 e. The Labute approximate surface area is 138 Å². The van der Waals surface area contributed by atoms with Gasteiger partial charge in [0, 0.05) is 28.4 Å². The molecule has 0 aliphatic carbocycles. The van der Waals surface area contributed by atoms with Gasteiger partial charge in [0.25, 0.3) is 0 Å². The van der Waals surface area contributed by atoms with Crippen LogP contribution in [0.25, 0.3) is 0 Å². The zero-order chi connectivity index (χ0) is 16.9. The quantitative estimate of drug-likeness (QED) is 0.399. The molecule has 22 heavy (non-hydrogen) atoms. The summed E-state index contributed by atoms with van der Waals surface area (Å²) in [7, 11) is 3.11. The maximum Gasteiger partial charge on any atom is 0.334 e. The van der Waals surface area contributed by atoms with Gasteiger partial charge in [0.15, 0.2) is 0 Å². The zero-order valence-electron chi connectivity index (χ0n) is 15.4. The molecule has 0 N–H and O–H groups in total. The fraction of sp³-hybridized carbons (Fsp3) is 1.00. The van der Waals surface area contributed by atoms with E-state index < -0.39 is 17.1 Å². The highest BCUT2D eigenvalue weighted by Gasteiger charge is 2.52. The van der Waals surface area contributed by atoms with Crippen molar-refractivity contribution in [3.8, 4) is 0 Å². The lowest BCUT2D eigenvalue weighted by Crippen LogP contribution is -2.36. The van der Waals surface area contributed by atoms with Crippen molar-refractivity contribution in [1.29, 1.82) is 0 Å². The van der Waals surface area contributed by atoms with Crippen molar-refractivity contribution in [3.63, 3.8) is 0 Å². The predicted molar refractivity (Wildman–Crippen MR) is 92.6 cm³/mol. The number of hydrogen-bond donors (Lipinski definition) is 0. The molecule has 0 spiro atoms. The van der Waals surface area contributed by atoms with Gasteiger partial charge in [-0.3, -0.25) is 0 Å². The van der Waals surface area contributed by atoms with Crippen LogP contribution in [0.4, 0.5) is 0 Å². The molecule has 1 heterocycles. The van der Waals surface area contributed by atoms with Crippen LogP contribution in [0.3, 0.4) is 0 Å². The largest absolute Gasteiger partial charge is 0.398 e. The van der Waals surface area contributed by atoms with Gasteiger partial charge in [-0.15, -0.1) is 0 Å². The Morgan fingerprint density at radius 1 is 0.818 bits per heavy atom. The van der Waals surface area contributed by atoms with Gasteiger partial charge in [0.05, 0.1) is 11.7 Å². The van der Waals surface area contributed by atoms with Crippen molar-refractivity contribution >= 4 is 17.1 Å². The molecule has 0 amide bonds. The molecule has 5 nitrogen and oxygen atoms in total. The highest BCUT2D eigenvalue weighted by atomic mass is 28.4. The van der Waals surface area contributed by atoms with Gasteiger partial charge >= 0.3 is 17.1 Å². The molecule has 0 aromatic heterocycles. The second-order valence-corrected chi connectivity index (χ2v) is 13.8. The predicted octanol–water partition coefficient (Wildman–Crippen LogP) is 3.43. The molecular formula is C15H34O5Si2. The number of epoxide rings is 1. The van der Waals surface area contributed by atoms with Gasteiger partial charge in [0.2, 0.25) is 0 Å². The SMILES string of the molecule is CO[Si](C)(CCCC1(CCC[Si](C)(OC)OC)OC1C)OC. The fourth-order valence-electron chi connectivity index (χ4n) is 2.96. The van der Waals surface area contributed by atoms with Crippen molar-refractivity contribution in [2.45, 2.75) is 69.5 Å². The molecule has 1 atom stereocenters. The molecule has 0 aromatic carbocycles. The Balaban J connectivity index is 2.37. The minimum absolute atomic E-state index is 0.0631. The smallest absolute Gasteiger partial charge is 0.334 e. The summed E-state index contributed by atoms with van der Waals surface area (Å²) in [6.07, 6.45) is 4.72. The van der Waals surface area contributed by atoms with Gasteiger partial charge in [-0.1, -0.05) is 0 Å². The van der Waals surface area contributed by atoms with Gasteiger partial charge < -0.3 is 22.4 Å². The molecular weight excluding hydrogens is 316 g/mol. The van der Waals surface area contributed by atoms with Gasteiger partial charge in [-0.2, -0.15) is 0 Å². The van der Waals surface area contributed by atoms with E-state index in [1.807, 2.05) is 0 Å². The molecule has 1 aliphatic rings. The molecule has 0 aromatic rings. The first-order valence-electron chi connectivity index (χ1n) is 8.17. The average molecular weight is 351 g/mol. The molecule has 1 aliphatic heterocycles. The summed E-state index contributed by atoms with van der Waals surface area (Å²) in [5.41, 5.74) is 0.0631. The molecule has 132 valence electrons. The van der Waals surface area contributed by atoms with Crippen LogP contribution in [-0.2, 0) is 22.4 Å². The van der Waals surface area contributed by atoms with Gasteiger partial charge in [0.1, 0.15) is 0 Å². The van der Waals surface area contributed by atoms with E-state index in [4.69, 9.17) is 22.4 Å². The topological polar surface area (TPSA) is 49.5 Å². The summed E-state index contributed by atoms with van der Waals surface area (Å²) in [5.74, 6) is 0. The average Bonchev–Trinajstić information content (AvgIpc) is 3.16. The first kappa shape index (κ1) is 20.3. The summed E-state index contributed by atoms with van der Waals surface area (Å²) in [6.45, 7) is 6.41. The van der Waals surface area contributed by atoms with Crippen molar-refractivity contribution in [2.24, 2.45) is 0 Å². The monoisotopic (exact) mass is 350 g/mol. The Hall–Kier alpha value is 0.234. The molecule has 1 unspecified atom stereocenters. The zero-order valence-corrected chi connectivity index (χ0v) is 17.4. The Morgan fingerprint density at radius 2 is 1.14 bits per heavy atom. The first-order valence-corrected chi connectivity index (χ1v) is 13.2. The number of rotatable bonds is 12. The third-order valence-corrected chi connectivity index (χ3v) is 11.3. The maximum atomic E-state index is 5.94. The Morgan fingerprint density at radius 3 is 1.36 bits per heavy atom. The molecule has 0 saturated carbocycles. The van der Waals surface area contributed by atoms with E-state index in [0.717, 1.165) is 37.8 Å². The van der Waals surface area contributed by atoms with Crippen molar-refractivity contribution < 1.29 is 22.4 Å². The van der Waals surface area contributed by atoms with Crippen LogP contribution in [0.1, 0.15) is 32.6 Å². The van der Waals surface area contributed by atoms with Gasteiger partial charge in [-0.05, 0) is 57.8 Å². The lowest BCUT2D eigenvalue weighted by Gasteiger charge is -2.24. The normalized spacial score (nSPS) is 21.1. The van der Waals surface area contributed by atoms with Crippen LogP contribution in [0.2, 0.25) is 25.2 Å². The van der Waals surface area contributed by atoms with E-state index in [2.05, 4.69) is 20.0 Å².